The molecule has 1 heterocycles. The molecule has 0 fully saturated rings. The Morgan fingerprint density at radius 1 is 1.12 bits per heavy atom. The van der Waals surface area contributed by atoms with Crippen molar-refractivity contribution in [3.8, 4) is 0 Å². The quantitative estimate of drug-likeness (QED) is 0.727. The van der Waals surface area contributed by atoms with Crippen molar-refractivity contribution in [1.29, 1.82) is 0 Å². The Labute approximate surface area is 101 Å². The molecule has 2 nitrogen and oxygen atoms in total. The average molecular weight is 228 g/mol. The third kappa shape index (κ3) is 2.84. The van der Waals surface area contributed by atoms with Crippen LogP contribution in [0.5, 0.6) is 0 Å². The predicted molar refractivity (Wildman–Crippen MR) is 67.2 cm³/mol. The van der Waals surface area contributed by atoms with Crippen LogP contribution in [-0.2, 0) is 6.42 Å². The smallest absolute Gasteiger partial charge is 0.196 e. The van der Waals surface area contributed by atoms with E-state index in [1.165, 1.54) is 30.9 Å². The molecule has 0 saturated carbocycles. The fraction of sp³-hybridized carbons (Fsp3) is 0.267. The molecule has 0 atom stereocenters. The largest absolute Gasteiger partial charge is 0.472 e. The molecule has 0 saturated heterocycles. The van der Waals surface area contributed by atoms with Crippen LogP contribution in [0.15, 0.2) is 47.3 Å². The van der Waals surface area contributed by atoms with Gasteiger partial charge in [0, 0.05) is 5.56 Å². The highest BCUT2D eigenvalue weighted by Crippen LogP contribution is 2.12. The Morgan fingerprint density at radius 3 is 2.47 bits per heavy atom. The number of hydrogen-bond acceptors (Lipinski definition) is 2. The topological polar surface area (TPSA) is 30.2 Å². The van der Waals surface area contributed by atoms with Gasteiger partial charge >= 0.3 is 0 Å². The number of benzene rings is 1. The van der Waals surface area contributed by atoms with E-state index in [2.05, 4.69) is 6.92 Å². The zero-order valence-electron chi connectivity index (χ0n) is 9.98. The second-order valence-electron chi connectivity index (χ2n) is 4.14. The van der Waals surface area contributed by atoms with Gasteiger partial charge in [0.1, 0.15) is 6.26 Å². The summed E-state index contributed by atoms with van der Waals surface area (Å²) in [4.78, 5) is 12.0. The van der Waals surface area contributed by atoms with Crippen molar-refractivity contribution < 1.29 is 9.21 Å². The monoisotopic (exact) mass is 228 g/mol. The van der Waals surface area contributed by atoms with Crippen LogP contribution >= 0.6 is 0 Å². The summed E-state index contributed by atoms with van der Waals surface area (Å²) in [7, 11) is 0. The van der Waals surface area contributed by atoms with Crippen molar-refractivity contribution in [2.45, 2.75) is 26.2 Å². The second-order valence-corrected chi connectivity index (χ2v) is 4.14. The first kappa shape index (κ1) is 11.6. The number of furan rings is 1. The molecule has 1 aromatic carbocycles. The lowest BCUT2D eigenvalue weighted by atomic mass is 10.0. The standard InChI is InChI=1S/C15H16O2/c1-2-3-4-12-5-7-13(8-6-12)15(16)14-9-10-17-11-14/h5-11H,2-4H2,1H3. The van der Waals surface area contributed by atoms with Gasteiger partial charge in [0.25, 0.3) is 0 Å². The molecule has 0 spiro atoms. The minimum Gasteiger partial charge on any atom is -0.472 e. The van der Waals surface area contributed by atoms with Gasteiger partial charge in [-0.1, -0.05) is 37.6 Å². The van der Waals surface area contributed by atoms with E-state index in [1.807, 2.05) is 24.3 Å². The molecule has 0 aliphatic rings. The minimum absolute atomic E-state index is 0.0146. The maximum atomic E-state index is 12.0. The molecule has 0 aliphatic carbocycles. The van der Waals surface area contributed by atoms with Gasteiger partial charge < -0.3 is 4.42 Å². The van der Waals surface area contributed by atoms with Crippen LogP contribution in [0.3, 0.4) is 0 Å². The van der Waals surface area contributed by atoms with Crippen molar-refractivity contribution in [3.63, 3.8) is 0 Å². The molecule has 0 bridgehead atoms. The number of carbonyl (C=O) groups excluding carboxylic acids is 1. The van der Waals surface area contributed by atoms with Gasteiger partial charge in [-0.3, -0.25) is 4.79 Å². The van der Waals surface area contributed by atoms with Gasteiger partial charge in [-0.2, -0.15) is 0 Å². The fourth-order valence-corrected chi connectivity index (χ4v) is 1.76. The molecule has 0 N–H and O–H groups in total. The van der Waals surface area contributed by atoms with Gasteiger partial charge in [0.2, 0.25) is 0 Å². The van der Waals surface area contributed by atoms with E-state index >= 15 is 0 Å². The lowest BCUT2D eigenvalue weighted by molar-refractivity contribution is 0.103. The van der Waals surface area contributed by atoms with Crippen molar-refractivity contribution in [2.75, 3.05) is 0 Å². The molecule has 2 rings (SSSR count). The average Bonchev–Trinajstić information content (AvgIpc) is 2.90. The Bertz CT molecular complexity index is 466. The number of hydrogen-bond donors (Lipinski definition) is 0. The van der Waals surface area contributed by atoms with E-state index in [-0.39, 0.29) is 5.78 Å². The number of rotatable bonds is 5. The molecule has 0 radical (unpaired) electrons. The van der Waals surface area contributed by atoms with E-state index in [4.69, 9.17) is 4.42 Å². The van der Waals surface area contributed by atoms with E-state index in [1.54, 1.807) is 6.07 Å². The summed E-state index contributed by atoms with van der Waals surface area (Å²) in [6.45, 7) is 2.18. The molecule has 2 heteroatoms. The highest BCUT2D eigenvalue weighted by atomic mass is 16.3. The van der Waals surface area contributed by atoms with Crippen molar-refractivity contribution >= 4 is 5.78 Å². The number of ketones is 1. The predicted octanol–water partition coefficient (Wildman–Crippen LogP) is 3.85. The van der Waals surface area contributed by atoms with E-state index in [9.17, 15) is 4.79 Å². The molecular formula is C15H16O2. The van der Waals surface area contributed by atoms with Crippen LogP contribution in [0.4, 0.5) is 0 Å². The first-order valence-corrected chi connectivity index (χ1v) is 5.97. The molecular weight excluding hydrogens is 212 g/mol. The summed E-state index contributed by atoms with van der Waals surface area (Å²) < 4.78 is 4.91. The van der Waals surface area contributed by atoms with Gasteiger partial charge in [-0.25, -0.2) is 0 Å². The van der Waals surface area contributed by atoms with E-state index in [0.717, 1.165) is 6.42 Å². The molecule has 0 aliphatic heterocycles. The van der Waals surface area contributed by atoms with Crippen LogP contribution in [0.1, 0.15) is 41.3 Å². The zero-order chi connectivity index (χ0) is 12.1. The van der Waals surface area contributed by atoms with Crippen molar-refractivity contribution in [3.05, 3.63) is 59.5 Å². The van der Waals surface area contributed by atoms with Crippen LogP contribution in [-0.4, -0.2) is 5.78 Å². The lowest BCUT2D eigenvalue weighted by Gasteiger charge is -2.02. The van der Waals surface area contributed by atoms with E-state index in [0.29, 0.717) is 11.1 Å². The summed E-state index contributed by atoms with van der Waals surface area (Å²) in [6.07, 6.45) is 6.46. The summed E-state index contributed by atoms with van der Waals surface area (Å²) in [5.74, 6) is 0.0146. The molecule has 17 heavy (non-hydrogen) atoms. The fourth-order valence-electron chi connectivity index (χ4n) is 1.76. The molecule has 88 valence electrons. The number of aryl methyl sites for hydroxylation is 1. The van der Waals surface area contributed by atoms with Gasteiger partial charge in [-0.05, 0) is 24.5 Å². The molecule has 2 aromatic rings. The van der Waals surface area contributed by atoms with Gasteiger partial charge in [0.15, 0.2) is 5.78 Å². The van der Waals surface area contributed by atoms with Crippen LogP contribution in [0, 0.1) is 0 Å². The first-order chi connectivity index (χ1) is 8.31. The second kappa shape index (κ2) is 5.48. The molecule has 0 unspecified atom stereocenters. The summed E-state index contributed by atoms with van der Waals surface area (Å²) in [6, 6.07) is 9.53. The summed E-state index contributed by atoms with van der Waals surface area (Å²) >= 11 is 0. The van der Waals surface area contributed by atoms with Crippen molar-refractivity contribution in [2.24, 2.45) is 0 Å². The first-order valence-electron chi connectivity index (χ1n) is 5.97. The Hall–Kier alpha value is -1.83. The van der Waals surface area contributed by atoms with Gasteiger partial charge in [-0.15, -0.1) is 0 Å². The van der Waals surface area contributed by atoms with E-state index < -0.39 is 0 Å². The Kier molecular flexibility index (Phi) is 3.76. The minimum atomic E-state index is 0.0146. The summed E-state index contributed by atoms with van der Waals surface area (Å²) in [5, 5.41) is 0. The maximum Gasteiger partial charge on any atom is 0.196 e. The third-order valence-electron chi connectivity index (χ3n) is 2.82. The highest BCUT2D eigenvalue weighted by molar-refractivity contribution is 6.08. The molecule has 0 amide bonds. The SMILES string of the molecule is CCCCc1ccc(C(=O)c2ccoc2)cc1. The van der Waals surface area contributed by atoms with Gasteiger partial charge in [0.05, 0.1) is 11.8 Å². The summed E-state index contributed by atoms with van der Waals surface area (Å²) in [5.41, 5.74) is 2.61. The van der Waals surface area contributed by atoms with Crippen LogP contribution in [0.25, 0.3) is 0 Å². The Balaban J connectivity index is 2.10. The Morgan fingerprint density at radius 2 is 1.88 bits per heavy atom. The van der Waals surface area contributed by atoms with Crippen LogP contribution < -0.4 is 0 Å². The zero-order valence-corrected chi connectivity index (χ0v) is 9.98. The maximum absolute atomic E-state index is 12.0. The normalized spacial score (nSPS) is 10.4. The molecule has 1 aromatic heterocycles. The highest BCUT2D eigenvalue weighted by Gasteiger charge is 2.09. The van der Waals surface area contributed by atoms with Crippen LogP contribution in [0.2, 0.25) is 0 Å². The third-order valence-corrected chi connectivity index (χ3v) is 2.82. The lowest BCUT2D eigenvalue weighted by Crippen LogP contribution is -1.99. The van der Waals surface area contributed by atoms with Crippen molar-refractivity contribution in [1.82, 2.24) is 0 Å². The number of unbranched alkanes of at least 4 members (excludes halogenated alkanes) is 1. The number of carbonyl (C=O) groups is 1.